The molecule has 0 radical (unpaired) electrons. The van der Waals surface area contributed by atoms with Crippen LogP contribution in [0.4, 0.5) is 0 Å². The van der Waals surface area contributed by atoms with Crippen LogP contribution in [0.5, 0.6) is 0 Å². The normalized spacial score (nSPS) is 11.7. The van der Waals surface area contributed by atoms with E-state index in [1.54, 1.807) is 0 Å². The van der Waals surface area contributed by atoms with Gasteiger partial charge in [0.2, 0.25) is 0 Å². The van der Waals surface area contributed by atoms with E-state index in [-0.39, 0.29) is 0 Å². The lowest BCUT2D eigenvalue weighted by molar-refractivity contribution is 0.948. The molecule has 0 heterocycles. The van der Waals surface area contributed by atoms with Crippen molar-refractivity contribution in [1.82, 2.24) is 0 Å². The Morgan fingerprint density at radius 1 is 1.00 bits per heavy atom. The van der Waals surface area contributed by atoms with Crippen LogP contribution in [0.2, 0.25) is 0 Å². The molecule has 1 heteroatoms. The van der Waals surface area contributed by atoms with Gasteiger partial charge in [-0.15, -0.1) is 0 Å². The number of allylic oxidation sites excluding steroid dienone is 4. The molecular formula is C19H21Cl. The molecule has 0 aliphatic heterocycles. The molecule has 104 valence electrons. The summed E-state index contributed by atoms with van der Waals surface area (Å²) in [6, 6.07) is 15.1. The Kier molecular flexibility index (Phi) is 5.03. The van der Waals surface area contributed by atoms with Crippen molar-refractivity contribution in [2.45, 2.75) is 33.6 Å². The van der Waals surface area contributed by atoms with Crippen molar-refractivity contribution >= 4 is 22.4 Å². The molecular weight excluding hydrogens is 264 g/mol. The van der Waals surface area contributed by atoms with E-state index in [1.807, 2.05) is 13.8 Å². The number of hydrogen-bond donors (Lipinski definition) is 0. The molecule has 0 N–H and O–H groups in total. The van der Waals surface area contributed by atoms with Crippen LogP contribution in [0.15, 0.2) is 64.7 Å². The highest BCUT2D eigenvalue weighted by Crippen LogP contribution is 2.22. The van der Waals surface area contributed by atoms with Crippen LogP contribution < -0.4 is 0 Å². The maximum atomic E-state index is 6.19. The minimum Gasteiger partial charge on any atom is -0.0844 e. The first-order chi connectivity index (χ1) is 9.58. The predicted octanol–water partition coefficient (Wildman–Crippen LogP) is 6.25. The second kappa shape index (κ2) is 6.76. The average molecular weight is 285 g/mol. The highest BCUT2D eigenvalue weighted by atomic mass is 35.5. The summed E-state index contributed by atoms with van der Waals surface area (Å²) in [5.41, 5.74) is 3.89. The Morgan fingerprint density at radius 3 is 2.45 bits per heavy atom. The summed E-state index contributed by atoms with van der Waals surface area (Å²) >= 11 is 6.19. The van der Waals surface area contributed by atoms with Crippen LogP contribution in [-0.4, -0.2) is 0 Å². The first-order valence-electron chi connectivity index (χ1n) is 7.04. The third kappa shape index (κ3) is 3.74. The van der Waals surface area contributed by atoms with Crippen molar-refractivity contribution in [3.63, 3.8) is 0 Å². The Morgan fingerprint density at radius 2 is 1.70 bits per heavy atom. The van der Waals surface area contributed by atoms with Gasteiger partial charge < -0.3 is 0 Å². The molecule has 0 aliphatic carbocycles. The van der Waals surface area contributed by atoms with E-state index in [1.165, 1.54) is 21.9 Å². The maximum Gasteiger partial charge on any atom is 0.0391 e. The standard InChI is InChI=1S/C19H21Cl/c1-14(2)19(20)13-15(3)11-12-17-9-6-8-16-7-4-5-10-18(16)17/h4-10,13H,11-12H2,1-3H3/b15-13+. The van der Waals surface area contributed by atoms with E-state index in [4.69, 9.17) is 11.6 Å². The van der Waals surface area contributed by atoms with Crippen molar-refractivity contribution in [2.75, 3.05) is 0 Å². The molecule has 0 fully saturated rings. The zero-order chi connectivity index (χ0) is 14.5. The Balaban J connectivity index is 2.16. The molecule has 0 nitrogen and oxygen atoms in total. The summed E-state index contributed by atoms with van der Waals surface area (Å²) in [6.07, 6.45) is 4.18. The van der Waals surface area contributed by atoms with Crippen LogP contribution in [0.3, 0.4) is 0 Å². The molecule has 0 unspecified atom stereocenters. The van der Waals surface area contributed by atoms with Crippen LogP contribution >= 0.6 is 11.6 Å². The summed E-state index contributed by atoms with van der Waals surface area (Å²) < 4.78 is 0. The van der Waals surface area contributed by atoms with Gasteiger partial charge in [0.1, 0.15) is 0 Å². The van der Waals surface area contributed by atoms with Crippen molar-refractivity contribution in [2.24, 2.45) is 0 Å². The van der Waals surface area contributed by atoms with Gasteiger partial charge in [-0.1, -0.05) is 65.2 Å². The van der Waals surface area contributed by atoms with E-state index >= 15 is 0 Å². The monoisotopic (exact) mass is 284 g/mol. The smallest absolute Gasteiger partial charge is 0.0391 e. The summed E-state index contributed by atoms with van der Waals surface area (Å²) in [5, 5.41) is 3.53. The third-order valence-electron chi connectivity index (χ3n) is 3.52. The molecule has 0 spiro atoms. The van der Waals surface area contributed by atoms with Gasteiger partial charge in [0.15, 0.2) is 0 Å². The minimum atomic E-state index is 0.861. The van der Waals surface area contributed by atoms with Gasteiger partial charge >= 0.3 is 0 Å². The maximum absolute atomic E-state index is 6.19. The van der Waals surface area contributed by atoms with Crippen LogP contribution in [0.25, 0.3) is 10.8 Å². The molecule has 0 atom stereocenters. The average Bonchev–Trinajstić information content (AvgIpc) is 2.44. The summed E-state index contributed by atoms with van der Waals surface area (Å²) in [4.78, 5) is 0. The van der Waals surface area contributed by atoms with Crippen LogP contribution in [0, 0.1) is 0 Å². The molecule has 2 rings (SSSR count). The first-order valence-corrected chi connectivity index (χ1v) is 7.42. The third-order valence-corrected chi connectivity index (χ3v) is 4.01. The molecule has 0 bridgehead atoms. The van der Waals surface area contributed by atoms with Gasteiger partial charge in [-0.3, -0.25) is 0 Å². The first kappa shape index (κ1) is 14.9. The van der Waals surface area contributed by atoms with E-state index in [0.29, 0.717) is 0 Å². The van der Waals surface area contributed by atoms with Gasteiger partial charge in [0.05, 0.1) is 0 Å². The lowest BCUT2D eigenvalue weighted by Crippen LogP contribution is -1.89. The number of benzene rings is 2. The Hall–Kier alpha value is -1.53. The Labute approximate surface area is 126 Å². The van der Waals surface area contributed by atoms with Gasteiger partial charge in [-0.2, -0.15) is 0 Å². The van der Waals surface area contributed by atoms with Crippen LogP contribution in [-0.2, 0) is 6.42 Å². The zero-order valence-corrected chi connectivity index (χ0v) is 13.2. The lowest BCUT2D eigenvalue weighted by Gasteiger charge is -2.07. The molecule has 2 aromatic rings. The molecule has 0 aliphatic rings. The lowest BCUT2D eigenvalue weighted by atomic mass is 9.99. The number of halogens is 1. The number of hydrogen-bond acceptors (Lipinski definition) is 0. The van der Waals surface area contributed by atoms with Gasteiger partial charge in [-0.25, -0.2) is 0 Å². The molecule has 2 aromatic carbocycles. The second-order valence-electron chi connectivity index (χ2n) is 5.48. The van der Waals surface area contributed by atoms with Crippen molar-refractivity contribution in [3.8, 4) is 0 Å². The second-order valence-corrected chi connectivity index (χ2v) is 5.88. The molecule has 20 heavy (non-hydrogen) atoms. The number of fused-ring (bicyclic) bond motifs is 1. The summed E-state index contributed by atoms with van der Waals surface area (Å²) in [6.45, 7) is 6.23. The largest absolute Gasteiger partial charge is 0.0844 e. The highest BCUT2D eigenvalue weighted by molar-refractivity contribution is 6.31. The topological polar surface area (TPSA) is 0 Å². The molecule has 0 saturated heterocycles. The van der Waals surface area contributed by atoms with Crippen molar-refractivity contribution in [1.29, 1.82) is 0 Å². The summed E-state index contributed by atoms with van der Waals surface area (Å²) in [7, 11) is 0. The Bertz CT molecular complexity index is 653. The number of aryl methyl sites for hydroxylation is 1. The molecule has 0 amide bonds. The molecule has 0 aromatic heterocycles. The van der Waals surface area contributed by atoms with E-state index in [9.17, 15) is 0 Å². The fraction of sp³-hybridized carbons (Fsp3) is 0.263. The SMILES string of the molecule is CC(C)=C(Cl)/C=C(\C)CCc1cccc2ccccc12. The van der Waals surface area contributed by atoms with E-state index < -0.39 is 0 Å². The number of rotatable bonds is 4. The fourth-order valence-corrected chi connectivity index (χ4v) is 2.46. The quantitative estimate of drug-likeness (QED) is 0.582. The van der Waals surface area contributed by atoms with Gasteiger partial charge in [0.25, 0.3) is 0 Å². The van der Waals surface area contributed by atoms with Gasteiger partial charge in [-0.05, 0) is 56.0 Å². The van der Waals surface area contributed by atoms with Crippen molar-refractivity contribution in [3.05, 3.63) is 70.3 Å². The molecule has 0 saturated carbocycles. The van der Waals surface area contributed by atoms with E-state index in [2.05, 4.69) is 55.5 Å². The summed E-state index contributed by atoms with van der Waals surface area (Å²) in [5.74, 6) is 0. The van der Waals surface area contributed by atoms with Crippen molar-refractivity contribution < 1.29 is 0 Å². The van der Waals surface area contributed by atoms with Gasteiger partial charge in [0, 0.05) is 5.03 Å². The zero-order valence-electron chi connectivity index (χ0n) is 12.4. The fourth-order valence-electron chi connectivity index (χ4n) is 2.28. The van der Waals surface area contributed by atoms with E-state index in [0.717, 1.165) is 23.4 Å². The minimum absolute atomic E-state index is 0.861. The van der Waals surface area contributed by atoms with Crippen LogP contribution in [0.1, 0.15) is 32.8 Å². The highest BCUT2D eigenvalue weighted by Gasteiger charge is 2.01. The predicted molar refractivity (Wildman–Crippen MR) is 90.3 cm³/mol.